The molecule has 0 fully saturated rings. The quantitative estimate of drug-likeness (QED) is 0.746. The number of hydrogen-bond acceptors (Lipinski definition) is 3. The first-order valence-electron chi connectivity index (χ1n) is 6.73. The minimum Gasteiger partial charge on any atom is -0.478 e. The third-order valence-corrected chi connectivity index (χ3v) is 3.40. The van der Waals surface area contributed by atoms with Crippen LogP contribution in [0, 0.1) is 13.8 Å². The first kappa shape index (κ1) is 16.2. The molecule has 0 saturated heterocycles. The number of nitrogens with one attached hydrogen (secondary N) is 2. The highest BCUT2D eigenvalue weighted by Crippen LogP contribution is 2.20. The Hall–Kier alpha value is -1.88. The largest absolute Gasteiger partial charge is 0.478 e. The number of amides is 1. The molecule has 0 saturated carbocycles. The molecule has 0 heterocycles. The number of aromatic carboxylic acids is 1. The molecule has 20 heavy (non-hydrogen) atoms. The van der Waals surface area contributed by atoms with Crippen LogP contribution in [0.25, 0.3) is 0 Å². The number of carboxylic acid groups (broad SMARTS) is 1. The molecule has 1 amide bonds. The molecule has 3 N–H and O–H groups in total. The number of carbonyl (C=O) groups excluding carboxylic acids is 1. The number of aryl methyl sites for hydroxylation is 1. The van der Waals surface area contributed by atoms with E-state index in [1.807, 2.05) is 20.8 Å². The van der Waals surface area contributed by atoms with Crippen LogP contribution >= 0.6 is 0 Å². The highest BCUT2D eigenvalue weighted by atomic mass is 16.4. The Morgan fingerprint density at radius 2 is 1.95 bits per heavy atom. The van der Waals surface area contributed by atoms with Gasteiger partial charge in [-0.1, -0.05) is 6.92 Å². The lowest BCUT2D eigenvalue weighted by Crippen LogP contribution is -2.34. The van der Waals surface area contributed by atoms with Gasteiger partial charge >= 0.3 is 5.97 Å². The number of hydrogen-bond donors (Lipinski definition) is 3. The van der Waals surface area contributed by atoms with Crippen LogP contribution in [0.2, 0.25) is 0 Å². The fourth-order valence-electron chi connectivity index (χ4n) is 1.77. The zero-order valence-corrected chi connectivity index (χ0v) is 12.4. The molecule has 0 radical (unpaired) electrons. The summed E-state index contributed by atoms with van der Waals surface area (Å²) in [6.45, 7) is 7.85. The molecule has 0 aromatic heterocycles. The van der Waals surface area contributed by atoms with Gasteiger partial charge in [-0.2, -0.15) is 0 Å². The average molecular weight is 278 g/mol. The van der Waals surface area contributed by atoms with Crippen LogP contribution in [0.1, 0.15) is 41.8 Å². The van der Waals surface area contributed by atoms with Gasteiger partial charge < -0.3 is 15.7 Å². The number of carbonyl (C=O) groups is 2. The Bertz CT molecular complexity index is 512. The van der Waals surface area contributed by atoms with Crippen molar-refractivity contribution in [3.05, 3.63) is 28.8 Å². The van der Waals surface area contributed by atoms with Gasteiger partial charge in [0.1, 0.15) is 0 Å². The average Bonchev–Trinajstić information content (AvgIpc) is 2.39. The summed E-state index contributed by atoms with van der Waals surface area (Å²) in [5.41, 5.74) is 2.29. The number of carboxylic acids is 1. The lowest BCUT2D eigenvalue weighted by molar-refractivity contribution is -0.115. The van der Waals surface area contributed by atoms with Crippen molar-refractivity contribution in [3.8, 4) is 0 Å². The first-order chi connectivity index (χ1) is 9.35. The molecule has 1 rings (SSSR count). The molecule has 110 valence electrons. The summed E-state index contributed by atoms with van der Waals surface area (Å²) in [6, 6.07) is 3.55. The molecule has 0 spiro atoms. The van der Waals surface area contributed by atoms with Gasteiger partial charge in [0.25, 0.3) is 0 Å². The topological polar surface area (TPSA) is 78.4 Å². The minimum absolute atomic E-state index is 0.176. The zero-order chi connectivity index (χ0) is 15.3. The van der Waals surface area contributed by atoms with Crippen LogP contribution < -0.4 is 10.6 Å². The van der Waals surface area contributed by atoms with Crippen LogP contribution in [-0.4, -0.2) is 29.6 Å². The summed E-state index contributed by atoms with van der Waals surface area (Å²) in [4.78, 5) is 22.9. The summed E-state index contributed by atoms with van der Waals surface area (Å²) in [6.07, 6.45) is 0.945. The summed E-state index contributed by atoms with van der Waals surface area (Å²) >= 11 is 0. The molecule has 5 heteroatoms. The number of anilines is 1. The van der Waals surface area contributed by atoms with Crippen molar-refractivity contribution in [2.75, 3.05) is 11.9 Å². The molecule has 0 aliphatic carbocycles. The maximum absolute atomic E-state index is 11.8. The monoisotopic (exact) mass is 278 g/mol. The highest BCUT2D eigenvalue weighted by Gasteiger charge is 2.12. The third kappa shape index (κ3) is 4.35. The molecule has 0 bridgehead atoms. The summed E-state index contributed by atoms with van der Waals surface area (Å²) in [7, 11) is 0. The van der Waals surface area contributed by atoms with Crippen molar-refractivity contribution in [1.29, 1.82) is 0 Å². The van der Waals surface area contributed by atoms with Crippen molar-refractivity contribution >= 4 is 17.6 Å². The predicted octanol–water partition coefficient (Wildman–Crippen LogP) is 2.33. The number of rotatable bonds is 6. The number of benzene rings is 1. The van der Waals surface area contributed by atoms with Gasteiger partial charge in [0.2, 0.25) is 5.91 Å². The van der Waals surface area contributed by atoms with Crippen LogP contribution in [0.3, 0.4) is 0 Å². The summed E-state index contributed by atoms with van der Waals surface area (Å²) < 4.78 is 0. The fourth-order valence-corrected chi connectivity index (χ4v) is 1.77. The van der Waals surface area contributed by atoms with Crippen LogP contribution in [-0.2, 0) is 4.79 Å². The second kappa shape index (κ2) is 7.05. The van der Waals surface area contributed by atoms with E-state index < -0.39 is 5.97 Å². The lowest BCUT2D eigenvalue weighted by atomic mass is 10.0. The fraction of sp³-hybridized carbons (Fsp3) is 0.467. The molecule has 0 aliphatic heterocycles. The van der Waals surface area contributed by atoms with E-state index in [1.165, 1.54) is 6.07 Å². The van der Waals surface area contributed by atoms with Crippen molar-refractivity contribution in [2.24, 2.45) is 0 Å². The molecular weight excluding hydrogens is 256 g/mol. The SMILES string of the molecule is CCC(C)NCC(=O)Nc1cc(C)c(C)c(C(=O)O)c1. The second-order valence-corrected chi connectivity index (χ2v) is 5.01. The summed E-state index contributed by atoms with van der Waals surface area (Å²) in [5.74, 6) is -1.16. The van der Waals surface area contributed by atoms with Crippen molar-refractivity contribution in [1.82, 2.24) is 5.32 Å². The van der Waals surface area contributed by atoms with Gasteiger partial charge in [-0.3, -0.25) is 4.79 Å². The minimum atomic E-state index is -0.987. The Morgan fingerprint density at radius 3 is 2.50 bits per heavy atom. The van der Waals surface area contributed by atoms with E-state index >= 15 is 0 Å². The van der Waals surface area contributed by atoms with Gasteiger partial charge in [0, 0.05) is 11.7 Å². The first-order valence-corrected chi connectivity index (χ1v) is 6.73. The zero-order valence-electron chi connectivity index (χ0n) is 12.4. The Kier molecular flexibility index (Phi) is 5.70. The second-order valence-electron chi connectivity index (χ2n) is 5.01. The molecule has 1 atom stereocenters. The van der Waals surface area contributed by atoms with Gasteiger partial charge in [0.15, 0.2) is 0 Å². The molecule has 5 nitrogen and oxygen atoms in total. The van der Waals surface area contributed by atoms with Gasteiger partial charge in [-0.05, 0) is 50.5 Å². The maximum atomic E-state index is 11.8. The van der Waals surface area contributed by atoms with E-state index in [0.717, 1.165) is 12.0 Å². The maximum Gasteiger partial charge on any atom is 0.336 e. The van der Waals surface area contributed by atoms with E-state index in [9.17, 15) is 9.59 Å². The Balaban J connectivity index is 2.78. The Morgan fingerprint density at radius 1 is 1.30 bits per heavy atom. The van der Waals surface area contributed by atoms with Crippen LogP contribution in [0.4, 0.5) is 5.69 Å². The molecule has 1 aromatic carbocycles. The molecule has 0 aliphatic rings. The van der Waals surface area contributed by atoms with E-state index in [2.05, 4.69) is 10.6 Å². The highest BCUT2D eigenvalue weighted by molar-refractivity contribution is 5.96. The molecule has 1 unspecified atom stereocenters. The summed E-state index contributed by atoms with van der Waals surface area (Å²) in [5, 5.41) is 14.9. The smallest absolute Gasteiger partial charge is 0.336 e. The van der Waals surface area contributed by atoms with E-state index in [-0.39, 0.29) is 24.1 Å². The van der Waals surface area contributed by atoms with Crippen molar-refractivity contribution in [2.45, 2.75) is 40.2 Å². The van der Waals surface area contributed by atoms with Gasteiger partial charge in [-0.15, -0.1) is 0 Å². The normalized spacial score (nSPS) is 12.0. The standard InChI is InChI=1S/C15H22N2O3/c1-5-10(3)16-8-14(18)17-12-6-9(2)11(4)13(7-12)15(19)20/h6-7,10,16H,5,8H2,1-4H3,(H,17,18)(H,19,20). The van der Waals surface area contributed by atoms with E-state index in [1.54, 1.807) is 13.0 Å². The third-order valence-electron chi connectivity index (χ3n) is 3.40. The van der Waals surface area contributed by atoms with Gasteiger partial charge in [-0.25, -0.2) is 4.79 Å². The van der Waals surface area contributed by atoms with Gasteiger partial charge in [0.05, 0.1) is 12.1 Å². The molecular formula is C15H22N2O3. The van der Waals surface area contributed by atoms with E-state index in [4.69, 9.17) is 5.11 Å². The predicted molar refractivity (Wildman–Crippen MR) is 79.3 cm³/mol. The van der Waals surface area contributed by atoms with Crippen LogP contribution in [0.15, 0.2) is 12.1 Å². The molecule has 1 aromatic rings. The van der Waals surface area contributed by atoms with E-state index in [0.29, 0.717) is 11.3 Å². The Labute approximate surface area is 119 Å². The van der Waals surface area contributed by atoms with Crippen LogP contribution in [0.5, 0.6) is 0 Å². The van der Waals surface area contributed by atoms with Crippen molar-refractivity contribution in [3.63, 3.8) is 0 Å². The van der Waals surface area contributed by atoms with Crippen molar-refractivity contribution < 1.29 is 14.7 Å². The lowest BCUT2D eigenvalue weighted by Gasteiger charge is -2.13.